The van der Waals surface area contributed by atoms with Crippen molar-refractivity contribution in [3.63, 3.8) is 0 Å². The number of anilines is 1. The molecule has 0 spiro atoms. The fraction of sp³-hybridized carbons (Fsp3) is 0.167. The van der Waals surface area contributed by atoms with Gasteiger partial charge >= 0.3 is 0 Å². The molecule has 3 aromatic heterocycles. The average molecular weight is 443 g/mol. The number of aromatic nitrogens is 5. The van der Waals surface area contributed by atoms with E-state index < -0.39 is 0 Å². The number of amides is 1. The third-order valence-electron chi connectivity index (χ3n) is 5.41. The minimum Gasteiger partial charge on any atom is -0.325 e. The number of benzene rings is 2. The van der Waals surface area contributed by atoms with Gasteiger partial charge in [0.15, 0.2) is 10.8 Å². The number of thioether (sulfide) groups is 1. The first-order valence-corrected chi connectivity index (χ1v) is 11.3. The molecule has 5 rings (SSSR count). The quantitative estimate of drug-likeness (QED) is 0.399. The van der Waals surface area contributed by atoms with Crippen LogP contribution in [0.15, 0.2) is 66.1 Å². The summed E-state index contributed by atoms with van der Waals surface area (Å²) >= 11 is 1.35. The zero-order valence-corrected chi connectivity index (χ0v) is 18.8. The van der Waals surface area contributed by atoms with Gasteiger partial charge in [-0.1, -0.05) is 47.7 Å². The van der Waals surface area contributed by atoms with Gasteiger partial charge < -0.3 is 5.32 Å². The summed E-state index contributed by atoms with van der Waals surface area (Å²) < 4.78 is 3.72. The van der Waals surface area contributed by atoms with E-state index in [1.165, 1.54) is 22.9 Å². The van der Waals surface area contributed by atoms with Gasteiger partial charge in [-0.25, -0.2) is 4.52 Å². The van der Waals surface area contributed by atoms with Gasteiger partial charge in [0.25, 0.3) is 0 Å². The van der Waals surface area contributed by atoms with Gasteiger partial charge in [-0.2, -0.15) is 5.10 Å². The molecule has 1 N–H and O–H groups in total. The summed E-state index contributed by atoms with van der Waals surface area (Å²) in [5.41, 5.74) is 7.80. The van der Waals surface area contributed by atoms with Crippen molar-refractivity contribution in [3.8, 4) is 11.3 Å². The number of nitrogens with one attached hydrogen (secondary N) is 1. The first kappa shape index (κ1) is 20.3. The molecule has 7 nitrogen and oxygen atoms in total. The fourth-order valence-electron chi connectivity index (χ4n) is 3.66. The van der Waals surface area contributed by atoms with E-state index in [-0.39, 0.29) is 11.7 Å². The second-order valence-electron chi connectivity index (χ2n) is 7.80. The molecule has 3 heterocycles. The molecule has 0 bridgehead atoms. The van der Waals surface area contributed by atoms with Crippen LogP contribution in [0.5, 0.6) is 0 Å². The van der Waals surface area contributed by atoms with Crippen molar-refractivity contribution in [1.82, 2.24) is 24.2 Å². The van der Waals surface area contributed by atoms with Crippen LogP contribution in [0, 0.1) is 20.8 Å². The molecular weight excluding hydrogens is 420 g/mol. The van der Waals surface area contributed by atoms with E-state index in [9.17, 15) is 4.79 Å². The zero-order valence-electron chi connectivity index (χ0n) is 18.0. The molecule has 0 unspecified atom stereocenters. The third-order valence-corrected chi connectivity index (χ3v) is 6.35. The predicted molar refractivity (Wildman–Crippen MR) is 127 cm³/mol. The minimum absolute atomic E-state index is 0.0799. The van der Waals surface area contributed by atoms with Crippen molar-refractivity contribution in [2.24, 2.45) is 0 Å². The molecule has 0 radical (unpaired) electrons. The standard InChI is InChI=1S/C24H22N6OS/c1-15-8-9-16(2)18(12-15)20-13-21-23-26-27-24(29(23)10-11-30(21)28-20)32-14-22(31)25-19-7-5-4-6-17(19)3/h4-13H,14H2,1-3H3,(H,25,31). The summed E-state index contributed by atoms with van der Waals surface area (Å²) in [5.74, 6) is 0.163. The van der Waals surface area contributed by atoms with Crippen LogP contribution in [0.25, 0.3) is 22.4 Å². The molecule has 0 aliphatic heterocycles. The summed E-state index contributed by atoms with van der Waals surface area (Å²) in [6, 6.07) is 16.1. The Kier molecular flexibility index (Phi) is 5.14. The van der Waals surface area contributed by atoms with Crippen molar-refractivity contribution in [3.05, 3.63) is 77.6 Å². The van der Waals surface area contributed by atoms with E-state index in [0.29, 0.717) is 10.8 Å². The van der Waals surface area contributed by atoms with Crippen LogP contribution in [0.4, 0.5) is 5.69 Å². The molecule has 0 saturated heterocycles. The minimum atomic E-state index is -0.0799. The number of para-hydroxylation sites is 1. The van der Waals surface area contributed by atoms with Gasteiger partial charge in [0.05, 0.1) is 11.4 Å². The Labute approximate surface area is 189 Å². The Bertz CT molecular complexity index is 1470. The zero-order chi connectivity index (χ0) is 22.2. The normalized spacial score (nSPS) is 11.3. The van der Waals surface area contributed by atoms with Crippen LogP contribution < -0.4 is 5.32 Å². The number of hydrogen-bond acceptors (Lipinski definition) is 5. The molecule has 160 valence electrons. The number of carbonyl (C=O) groups is 1. The van der Waals surface area contributed by atoms with Gasteiger partial charge in [-0.15, -0.1) is 10.2 Å². The van der Waals surface area contributed by atoms with Crippen LogP contribution in [0.3, 0.4) is 0 Å². The highest BCUT2D eigenvalue weighted by molar-refractivity contribution is 7.99. The average Bonchev–Trinajstić information content (AvgIpc) is 3.39. The van der Waals surface area contributed by atoms with Crippen molar-refractivity contribution in [2.75, 3.05) is 11.1 Å². The highest BCUT2D eigenvalue weighted by Crippen LogP contribution is 2.27. The molecule has 0 fully saturated rings. The Balaban J connectivity index is 1.40. The molecule has 32 heavy (non-hydrogen) atoms. The summed E-state index contributed by atoms with van der Waals surface area (Å²) in [5, 5.41) is 17.0. The van der Waals surface area contributed by atoms with Crippen molar-refractivity contribution < 1.29 is 4.79 Å². The second-order valence-corrected chi connectivity index (χ2v) is 8.75. The molecule has 0 saturated carbocycles. The maximum Gasteiger partial charge on any atom is 0.234 e. The smallest absolute Gasteiger partial charge is 0.234 e. The van der Waals surface area contributed by atoms with Crippen LogP contribution in [-0.2, 0) is 4.79 Å². The SMILES string of the molecule is Cc1ccc(C)c(-c2cc3c4nnc(SCC(=O)Nc5ccccc5C)n4ccn3n2)c1. The number of hydrogen-bond donors (Lipinski definition) is 1. The van der Waals surface area contributed by atoms with Crippen LogP contribution in [0.2, 0.25) is 0 Å². The molecule has 1 amide bonds. The van der Waals surface area contributed by atoms with E-state index in [4.69, 9.17) is 5.10 Å². The lowest BCUT2D eigenvalue weighted by Gasteiger charge is -2.07. The van der Waals surface area contributed by atoms with Crippen LogP contribution >= 0.6 is 11.8 Å². The molecule has 5 aromatic rings. The maximum atomic E-state index is 12.4. The first-order valence-electron chi connectivity index (χ1n) is 10.3. The van der Waals surface area contributed by atoms with Gasteiger partial charge in [-0.3, -0.25) is 9.20 Å². The van der Waals surface area contributed by atoms with E-state index >= 15 is 0 Å². The highest BCUT2D eigenvalue weighted by atomic mass is 32.2. The van der Waals surface area contributed by atoms with Gasteiger partial charge in [0, 0.05) is 23.6 Å². The summed E-state index contributed by atoms with van der Waals surface area (Å²) in [6.07, 6.45) is 3.77. The Morgan fingerprint density at radius 3 is 2.69 bits per heavy atom. The van der Waals surface area contributed by atoms with E-state index in [1.54, 1.807) is 0 Å². The topological polar surface area (TPSA) is 76.6 Å². The summed E-state index contributed by atoms with van der Waals surface area (Å²) in [4.78, 5) is 12.4. The molecule has 8 heteroatoms. The van der Waals surface area contributed by atoms with Crippen LogP contribution in [-0.4, -0.2) is 35.9 Å². The molecule has 2 aromatic carbocycles. The van der Waals surface area contributed by atoms with Crippen molar-refractivity contribution >= 4 is 34.5 Å². The Morgan fingerprint density at radius 2 is 1.84 bits per heavy atom. The lowest BCUT2D eigenvalue weighted by Crippen LogP contribution is -2.15. The molecule has 0 aliphatic rings. The van der Waals surface area contributed by atoms with Crippen molar-refractivity contribution in [1.29, 1.82) is 0 Å². The summed E-state index contributed by atoms with van der Waals surface area (Å²) in [7, 11) is 0. The largest absolute Gasteiger partial charge is 0.325 e. The second kappa shape index (κ2) is 8.12. The molecular formula is C24H22N6OS. The number of carbonyl (C=O) groups excluding carboxylic acids is 1. The van der Waals surface area contributed by atoms with Crippen molar-refractivity contribution in [2.45, 2.75) is 25.9 Å². The third kappa shape index (κ3) is 3.73. The highest BCUT2D eigenvalue weighted by Gasteiger charge is 2.15. The summed E-state index contributed by atoms with van der Waals surface area (Å²) in [6.45, 7) is 6.13. The number of rotatable bonds is 5. The number of fused-ring (bicyclic) bond motifs is 3. The molecule has 0 aliphatic carbocycles. The maximum absolute atomic E-state index is 12.4. The first-order chi connectivity index (χ1) is 15.5. The van der Waals surface area contributed by atoms with E-state index in [2.05, 4.69) is 47.6 Å². The van der Waals surface area contributed by atoms with Gasteiger partial charge in [0.2, 0.25) is 5.91 Å². The lowest BCUT2D eigenvalue weighted by atomic mass is 10.0. The predicted octanol–water partition coefficient (Wildman–Crippen LogP) is 4.70. The lowest BCUT2D eigenvalue weighted by molar-refractivity contribution is -0.113. The van der Waals surface area contributed by atoms with E-state index in [0.717, 1.165) is 28.0 Å². The fourth-order valence-corrected chi connectivity index (χ4v) is 4.38. The molecule has 0 atom stereocenters. The van der Waals surface area contributed by atoms with Crippen LogP contribution in [0.1, 0.15) is 16.7 Å². The van der Waals surface area contributed by atoms with Gasteiger partial charge in [-0.05, 0) is 50.1 Å². The number of nitrogens with zero attached hydrogens (tertiary/aromatic N) is 5. The van der Waals surface area contributed by atoms with Gasteiger partial charge in [0.1, 0.15) is 5.52 Å². The Hall–Kier alpha value is -3.65. The number of aryl methyl sites for hydroxylation is 3. The monoisotopic (exact) mass is 442 g/mol. The van der Waals surface area contributed by atoms with E-state index in [1.807, 2.05) is 58.6 Å². The Morgan fingerprint density at radius 1 is 1.00 bits per heavy atom.